The third kappa shape index (κ3) is 19.1. The molecule has 3 heterocycles. The average molecular weight is 991 g/mol. The van der Waals surface area contributed by atoms with E-state index in [1.807, 2.05) is 97.3 Å². The summed E-state index contributed by atoms with van der Waals surface area (Å²) in [5.74, 6) is 0.523. The van der Waals surface area contributed by atoms with E-state index in [9.17, 15) is 9.59 Å². The Morgan fingerprint density at radius 1 is 0.522 bits per heavy atom. The smallest absolute Gasteiger partial charge is 0.870 e. The van der Waals surface area contributed by atoms with Crippen LogP contribution in [0.5, 0.6) is 11.5 Å². The van der Waals surface area contributed by atoms with Gasteiger partial charge in [0, 0.05) is 46.3 Å². The van der Waals surface area contributed by atoms with Gasteiger partial charge in [-0.05, 0) is 131 Å². The van der Waals surface area contributed by atoms with Crippen LogP contribution in [0.2, 0.25) is 0 Å². The van der Waals surface area contributed by atoms with Gasteiger partial charge in [-0.2, -0.15) is 0 Å². The molecule has 69 heavy (non-hydrogen) atoms. The molecule has 12 nitrogen and oxygen atoms in total. The zero-order chi connectivity index (χ0) is 47.8. The van der Waals surface area contributed by atoms with Crippen molar-refractivity contribution in [3.63, 3.8) is 0 Å². The molecular formula is C54H58BBrLiN3O9. The van der Waals surface area contributed by atoms with Crippen molar-refractivity contribution in [2.45, 2.75) is 65.2 Å². The SMILES string of the molecule is CCCCCCOc1ccc(-c2ccc(-c3ccc(C(=O)O)cc3)cn2)cc1.CCCCCCOc1ccc(-c2ccc(-c3ccc(C(=O)OC)cc3)cn2)cc1.OB(O)c1ccc(Br)nc1.[Li+].[OH-]. The number of nitrogens with zero attached hydrogens (tertiary/aromatic N) is 3. The molecule has 354 valence electrons. The Labute approximate surface area is 426 Å². The van der Waals surface area contributed by atoms with Gasteiger partial charge in [0.15, 0.2) is 0 Å². The number of hydrogen-bond acceptors (Lipinski definition) is 11. The number of carboxylic acid groups (broad SMARTS) is 1. The maximum Gasteiger partial charge on any atom is 1.00 e. The number of unbranched alkanes of at least 4 members (excludes halogenated alkanes) is 6. The second kappa shape index (κ2) is 31.1. The van der Waals surface area contributed by atoms with Gasteiger partial charge in [-0.25, -0.2) is 14.6 Å². The zero-order valence-electron chi connectivity index (χ0n) is 39.6. The van der Waals surface area contributed by atoms with Crippen LogP contribution < -0.4 is 33.8 Å². The van der Waals surface area contributed by atoms with E-state index in [0.29, 0.717) is 15.6 Å². The van der Waals surface area contributed by atoms with Crippen molar-refractivity contribution >= 4 is 40.4 Å². The van der Waals surface area contributed by atoms with Gasteiger partial charge in [0.25, 0.3) is 0 Å². The summed E-state index contributed by atoms with van der Waals surface area (Å²) in [4.78, 5) is 35.4. The summed E-state index contributed by atoms with van der Waals surface area (Å²) < 4.78 is 17.0. The van der Waals surface area contributed by atoms with Gasteiger partial charge < -0.3 is 34.8 Å². The van der Waals surface area contributed by atoms with Gasteiger partial charge in [-0.3, -0.25) is 9.97 Å². The van der Waals surface area contributed by atoms with Crippen molar-refractivity contribution in [3.05, 3.63) is 168 Å². The predicted molar refractivity (Wildman–Crippen MR) is 271 cm³/mol. The van der Waals surface area contributed by atoms with E-state index >= 15 is 0 Å². The van der Waals surface area contributed by atoms with E-state index in [0.717, 1.165) is 82.3 Å². The Kier molecular flexibility index (Phi) is 25.8. The molecule has 0 aliphatic rings. The van der Waals surface area contributed by atoms with Crippen molar-refractivity contribution in [2.75, 3.05) is 20.3 Å². The molecule has 4 aromatic carbocycles. The molecule has 0 fully saturated rings. The summed E-state index contributed by atoms with van der Waals surface area (Å²) in [6, 6.07) is 41.4. The number of benzene rings is 4. The Bertz CT molecular complexity index is 2540. The maximum absolute atomic E-state index is 11.5. The molecule has 0 atom stereocenters. The van der Waals surface area contributed by atoms with E-state index in [2.05, 4.69) is 44.7 Å². The van der Waals surface area contributed by atoms with Crippen molar-refractivity contribution in [3.8, 4) is 56.3 Å². The molecule has 0 saturated heterocycles. The second-order valence-electron chi connectivity index (χ2n) is 15.5. The summed E-state index contributed by atoms with van der Waals surface area (Å²) >= 11 is 3.12. The maximum atomic E-state index is 11.5. The normalized spacial score (nSPS) is 10.1. The minimum atomic E-state index is -1.43. The Morgan fingerprint density at radius 2 is 0.942 bits per heavy atom. The van der Waals surface area contributed by atoms with Crippen LogP contribution in [0.1, 0.15) is 85.9 Å². The Morgan fingerprint density at radius 3 is 1.29 bits per heavy atom. The minimum absolute atomic E-state index is 0. The van der Waals surface area contributed by atoms with Gasteiger partial charge in [-0.15, -0.1) is 0 Å². The predicted octanol–water partition coefficient (Wildman–Crippen LogP) is 8.59. The number of carboxylic acids is 1. The quantitative estimate of drug-likeness (QED) is 0.0303. The number of aromatic nitrogens is 3. The number of ether oxygens (including phenoxy) is 3. The molecule has 0 aliphatic heterocycles. The van der Waals surface area contributed by atoms with E-state index in [-0.39, 0.29) is 35.9 Å². The van der Waals surface area contributed by atoms with Gasteiger partial charge in [0.05, 0.1) is 42.8 Å². The summed E-state index contributed by atoms with van der Waals surface area (Å²) in [7, 11) is -0.0499. The van der Waals surface area contributed by atoms with Crippen LogP contribution in [0.15, 0.2) is 157 Å². The third-order valence-electron chi connectivity index (χ3n) is 10.5. The first-order valence-corrected chi connectivity index (χ1v) is 23.3. The molecule has 0 saturated carbocycles. The van der Waals surface area contributed by atoms with Crippen LogP contribution in [0, 0.1) is 0 Å². The Hall–Kier alpha value is -6.11. The zero-order valence-corrected chi connectivity index (χ0v) is 41.2. The number of carbonyl (C=O) groups excluding carboxylic acids is 1. The molecule has 7 rings (SSSR count). The molecule has 0 radical (unpaired) electrons. The topological polar surface area (TPSA) is 191 Å². The van der Waals surface area contributed by atoms with E-state index in [1.54, 1.807) is 48.5 Å². The van der Waals surface area contributed by atoms with Crippen LogP contribution in [-0.4, -0.2) is 75.0 Å². The molecule has 0 bridgehead atoms. The van der Waals surface area contributed by atoms with Crippen molar-refractivity contribution in [2.24, 2.45) is 0 Å². The number of halogens is 1. The van der Waals surface area contributed by atoms with Gasteiger partial charge in [-0.1, -0.05) is 94.8 Å². The largest absolute Gasteiger partial charge is 1.00 e. The van der Waals surface area contributed by atoms with E-state index < -0.39 is 13.1 Å². The van der Waals surface area contributed by atoms with Crippen LogP contribution in [0.25, 0.3) is 44.8 Å². The minimum Gasteiger partial charge on any atom is -0.870 e. The summed E-state index contributed by atoms with van der Waals surface area (Å²) in [5.41, 5.74) is 8.99. The monoisotopic (exact) mass is 989 g/mol. The van der Waals surface area contributed by atoms with Crippen LogP contribution in [0.3, 0.4) is 0 Å². The molecular weight excluding hydrogens is 932 g/mol. The molecule has 15 heteroatoms. The number of pyridine rings is 3. The number of methoxy groups -OCH3 is 1. The second-order valence-corrected chi connectivity index (χ2v) is 16.3. The van der Waals surface area contributed by atoms with Gasteiger partial charge >= 0.3 is 37.9 Å². The van der Waals surface area contributed by atoms with Crippen LogP contribution >= 0.6 is 15.9 Å². The standard InChI is InChI=1S/C25H27NO3.C24H25NO3.C5H5BBrNO2.Li.H2O/c1-3-4-5-6-17-29-23-14-11-20(12-15-23)24-16-13-22(18-26-24)19-7-9-21(10-8-19)25(27)28-2;1-2-3-4-5-16-28-22-13-10-19(11-14-22)23-15-12-21(17-25-23)18-6-8-20(9-7-18)24(26)27;7-5-2-1-4(3-8-5)6(9)10;;/h7-16,18H,3-6,17H2,1-2H3;6-15,17H,2-5,16H2,1H3,(H,26,27);1-3,9-10H;;1H2/q;;;+1;/p-1. The number of rotatable bonds is 19. The summed E-state index contributed by atoms with van der Waals surface area (Å²) in [6.45, 7) is 5.93. The average Bonchev–Trinajstić information content (AvgIpc) is 3.37. The molecule has 3 aromatic heterocycles. The number of hydrogen-bond donors (Lipinski definition) is 3. The number of aromatic carboxylic acids is 1. The summed E-state index contributed by atoms with van der Waals surface area (Å²) in [5, 5.41) is 26.2. The molecule has 0 amide bonds. The summed E-state index contributed by atoms with van der Waals surface area (Å²) in [6.07, 6.45) is 14.7. The molecule has 0 spiro atoms. The van der Waals surface area contributed by atoms with Crippen LogP contribution in [0.4, 0.5) is 0 Å². The first-order valence-electron chi connectivity index (χ1n) is 22.5. The van der Waals surface area contributed by atoms with Crippen molar-refractivity contribution < 1.29 is 63.3 Å². The first kappa shape index (κ1) is 57.2. The Balaban J connectivity index is 0.000000298. The van der Waals surface area contributed by atoms with Gasteiger partial charge in [0.1, 0.15) is 16.1 Å². The first-order chi connectivity index (χ1) is 32.6. The van der Waals surface area contributed by atoms with E-state index in [1.165, 1.54) is 51.8 Å². The van der Waals surface area contributed by atoms with Crippen LogP contribution in [-0.2, 0) is 4.74 Å². The van der Waals surface area contributed by atoms with Gasteiger partial charge in [0.2, 0.25) is 0 Å². The molecule has 0 aliphatic carbocycles. The fourth-order valence-electron chi connectivity index (χ4n) is 6.61. The molecule has 0 unspecified atom stereocenters. The molecule has 7 aromatic rings. The third-order valence-corrected chi connectivity index (χ3v) is 11.0. The number of carbonyl (C=O) groups is 2. The number of esters is 1. The van der Waals surface area contributed by atoms with Crippen molar-refractivity contribution in [1.29, 1.82) is 0 Å². The van der Waals surface area contributed by atoms with Crippen molar-refractivity contribution in [1.82, 2.24) is 15.0 Å². The molecule has 4 N–H and O–H groups in total. The fraction of sp³-hybridized carbons (Fsp3) is 0.241. The van der Waals surface area contributed by atoms with E-state index in [4.69, 9.17) is 29.4 Å². The fourth-order valence-corrected chi connectivity index (χ4v) is 6.85.